The number of nitrogens with zero attached hydrogens (tertiary/aromatic N) is 1. The summed E-state index contributed by atoms with van der Waals surface area (Å²) in [5, 5.41) is 10.4. The second kappa shape index (κ2) is 5.78. The SMILES string of the molecule is O=C(c1ccoc1Cl)N1CCC[C@@H]1[C@H]1CCCC[C@@H]1O. The second-order valence-corrected chi connectivity index (χ2v) is 6.18. The van der Waals surface area contributed by atoms with Crippen LogP contribution in [0.25, 0.3) is 0 Å². The minimum absolute atomic E-state index is 0.0657. The molecule has 3 atom stereocenters. The largest absolute Gasteiger partial charge is 0.452 e. The zero-order valence-electron chi connectivity index (χ0n) is 11.4. The number of carbonyl (C=O) groups excluding carboxylic acids is 1. The van der Waals surface area contributed by atoms with Crippen molar-refractivity contribution in [2.45, 2.75) is 50.7 Å². The van der Waals surface area contributed by atoms with Gasteiger partial charge in [-0.15, -0.1) is 0 Å². The molecule has 0 aromatic carbocycles. The zero-order valence-corrected chi connectivity index (χ0v) is 12.2. The Balaban J connectivity index is 1.78. The second-order valence-electron chi connectivity index (χ2n) is 5.83. The molecule has 3 rings (SSSR count). The highest BCUT2D eigenvalue weighted by molar-refractivity contribution is 6.32. The van der Waals surface area contributed by atoms with Crippen molar-refractivity contribution in [1.29, 1.82) is 0 Å². The Labute approximate surface area is 123 Å². The van der Waals surface area contributed by atoms with Crippen molar-refractivity contribution in [3.05, 3.63) is 23.1 Å². The zero-order chi connectivity index (χ0) is 14.1. The van der Waals surface area contributed by atoms with Crippen LogP contribution < -0.4 is 0 Å². The Kier molecular flexibility index (Phi) is 4.03. The van der Waals surface area contributed by atoms with Crippen molar-refractivity contribution >= 4 is 17.5 Å². The molecule has 2 fully saturated rings. The van der Waals surface area contributed by atoms with E-state index < -0.39 is 0 Å². The fourth-order valence-electron chi connectivity index (χ4n) is 3.68. The summed E-state index contributed by atoms with van der Waals surface area (Å²) in [7, 11) is 0. The van der Waals surface area contributed by atoms with E-state index in [-0.39, 0.29) is 29.2 Å². The number of carbonyl (C=O) groups is 1. The van der Waals surface area contributed by atoms with Crippen LogP contribution in [0.4, 0.5) is 0 Å². The lowest BCUT2D eigenvalue weighted by Gasteiger charge is -2.37. The van der Waals surface area contributed by atoms with Gasteiger partial charge in [-0.3, -0.25) is 4.79 Å². The Morgan fingerprint density at radius 1 is 1.30 bits per heavy atom. The van der Waals surface area contributed by atoms with E-state index in [2.05, 4.69) is 0 Å². The molecular weight excluding hydrogens is 278 g/mol. The molecule has 0 bridgehead atoms. The summed E-state index contributed by atoms with van der Waals surface area (Å²) in [6.45, 7) is 0.744. The molecule has 1 aliphatic heterocycles. The monoisotopic (exact) mass is 297 g/mol. The lowest BCUT2D eigenvalue weighted by atomic mass is 9.80. The van der Waals surface area contributed by atoms with Crippen LogP contribution in [0, 0.1) is 5.92 Å². The van der Waals surface area contributed by atoms with Crippen LogP contribution in [0.3, 0.4) is 0 Å². The quantitative estimate of drug-likeness (QED) is 0.912. The van der Waals surface area contributed by atoms with Crippen molar-refractivity contribution in [2.75, 3.05) is 6.54 Å². The molecule has 1 N–H and O–H groups in total. The van der Waals surface area contributed by atoms with Crippen molar-refractivity contribution in [2.24, 2.45) is 5.92 Å². The van der Waals surface area contributed by atoms with Gasteiger partial charge < -0.3 is 14.4 Å². The van der Waals surface area contributed by atoms with E-state index in [9.17, 15) is 9.90 Å². The van der Waals surface area contributed by atoms with Gasteiger partial charge in [-0.25, -0.2) is 0 Å². The predicted molar refractivity (Wildman–Crippen MR) is 75.7 cm³/mol. The van der Waals surface area contributed by atoms with E-state index in [0.29, 0.717) is 5.56 Å². The third-order valence-electron chi connectivity index (χ3n) is 4.68. The van der Waals surface area contributed by atoms with Crippen LogP contribution >= 0.6 is 11.6 Å². The van der Waals surface area contributed by atoms with Gasteiger partial charge in [0.15, 0.2) is 0 Å². The molecule has 0 spiro atoms. The number of likely N-dealkylation sites (tertiary alicyclic amines) is 1. The Morgan fingerprint density at radius 2 is 2.10 bits per heavy atom. The summed E-state index contributed by atoms with van der Waals surface area (Å²) >= 11 is 5.91. The fourth-order valence-corrected chi connectivity index (χ4v) is 3.87. The van der Waals surface area contributed by atoms with Gasteiger partial charge in [0, 0.05) is 18.5 Å². The van der Waals surface area contributed by atoms with Crippen molar-refractivity contribution < 1.29 is 14.3 Å². The van der Waals surface area contributed by atoms with Gasteiger partial charge in [0.1, 0.15) is 0 Å². The normalized spacial score (nSPS) is 30.7. The van der Waals surface area contributed by atoms with Gasteiger partial charge in [-0.1, -0.05) is 12.8 Å². The first-order chi connectivity index (χ1) is 9.68. The molecule has 4 nitrogen and oxygen atoms in total. The lowest BCUT2D eigenvalue weighted by Crippen LogP contribution is -2.45. The topological polar surface area (TPSA) is 53.7 Å². The molecule has 1 aromatic heterocycles. The first kappa shape index (κ1) is 14.0. The highest BCUT2D eigenvalue weighted by atomic mass is 35.5. The summed E-state index contributed by atoms with van der Waals surface area (Å²) in [6, 6.07) is 1.76. The number of amides is 1. The molecule has 0 radical (unpaired) electrons. The lowest BCUT2D eigenvalue weighted by molar-refractivity contribution is 0.0211. The molecule has 2 aliphatic rings. The number of rotatable bonds is 2. The molecule has 0 unspecified atom stereocenters. The van der Waals surface area contributed by atoms with Crippen LogP contribution in [0.1, 0.15) is 48.9 Å². The van der Waals surface area contributed by atoms with E-state index in [0.717, 1.165) is 45.1 Å². The number of aliphatic hydroxyl groups excluding tert-OH is 1. The third-order valence-corrected chi connectivity index (χ3v) is 4.98. The summed E-state index contributed by atoms with van der Waals surface area (Å²) in [6.07, 6.45) is 7.24. The summed E-state index contributed by atoms with van der Waals surface area (Å²) in [5.41, 5.74) is 0.434. The van der Waals surface area contributed by atoms with E-state index in [4.69, 9.17) is 16.0 Å². The molecule has 110 valence electrons. The molecule has 1 amide bonds. The van der Waals surface area contributed by atoms with Crippen LogP contribution in [0.5, 0.6) is 0 Å². The smallest absolute Gasteiger partial charge is 0.258 e. The van der Waals surface area contributed by atoms with Gasteiger partial charge in [0.25, 0.3) is 5.91 Å². The first-order valence-corrected chi connectivity index (χ1v) is 7.78. The van der Waals surface area contributed by atoms with Gasteiger partial charge >= 0.3 is 0 Å². The van der Waals surface area contributed by atoms with Gasteiger partial charge in [0.05, 0.1) is 17.9 Å². The summed E-state index contributed by atoms with van der Waals surface area (Å²) in [4.78, 5) is 14.5. The number of furan rings is 1. The number of aliphatic hydroxyl groups is 1. The van der Waals surface area contributed by atoms with Crippen molar-refractivity contribution in [1.82, 2.24) is 4.90 Å². The molecule has 1 aromatic rings. The molecule has 5 heteroatoms. The summed E-state index contributed by atoms with van der Waals surface area (Å²) < 4.78 is 5.02. The van der Waals surface area contributed by atoms with Crippen molar-refractivity contribution in [3.8, 4) is 0 Å². The molecule has 1 saturated heterocycles. The fraction of sp³-hybridized carbons (Fsp3) is 0.667. The van der Waals surface area contributed by atoms with Crippen molar-refractivity contribution in [3.63, 3.8) is 0 Å². The van der Waals surface area contributed by atoms with E-state index in [1.54, 1.807) is 6.07 Å². The van der Waals surface area contributed by atoms with E-state index in [1.165, 1.54) is 6.26 Å². The minimum Gasteiger partial charge on any atom is -0.452 e. The Bertz CT molecular complexity index is 487. The molecular formula is C15H20ClNO3. The predicted octanol–water partition coefficient (Wildman–Crippen LogP) is 3.09. The molecule has 1 saturated carbocycles. The Hall–Kier alpha value is -1.00. The standard InChI is InChI=1S/C15H20ClNO3/c16-14-11(7-9-20-14)15(19)17-8-3-5-12(17)10-4-1-2-6-13(10)18/h7,9-10,12-13,18H,1-6,8H2/t10-,12-,13+/m1/s1. The highest BCUT2D eigenvalue weighted by Crippen LogP contribution is 2.35. The number of hydrogen-bond acceptors (Lipinski definition) is 3. The van der Waals surface area contributed by atoms with Crippen LogP contribution in [0.2, 0.25) is 5.22 Å². The maximum atomic E-state index is 12.6. The van der Waals surface area contributed by atoms with Crippen LogP contribution in [-0.4, -0.2) is 34.6 Å². The van der Waals surface area contributed by atoms with Gasteiger partial charge in [-0.2, -0.15) is 0 Å². The van der Waals surface area contributed by atoms with E-state index in [1.807, 2.05) is 4.90 Å². The third kappa shape index (κ3) is 2.47. The number of halogens is 1. The van der Waals surface area contributed by atoms with Crippen LogP contribution in [0.15, 0.2) is 16.7 Å². The molecule has 20 heavy (non-hydrogen) atoms. The minimum atomic E-state index is -0.276. The van der Waals surface area contributed by atoms with Gasteiger partial charge in [-0.05, 0) is 43.4 Å². The number of hydrogen-bond donors (Lipinski definition) is 1. The van der Waals surface area contributed by atoms with Gasteiger partial charge in [0.2, 0.25) is 5.22 Å². The molecule has 2 heterocycles. The first-order valence-electron chi connectivity index (χ1n) is 7.40. The summed E-state index contributed by atoms with van der Waals surface area (Å²) in [5.74, 6) is 0.143. The average molecular weight is 298 g/mol. The maximum absolute atomic E-state index is 12.6. The molecule has 1 aliphatic carbocycles. The van der Waals surface area contributed by atoms with Crippen LogP contribution in [-0.2, 0) is 0 Å². The maximum Gasteiger partial charge on any atom is 0.258 e. The average Bonchev–Trinajstić information content (AvgIpc) is 3.07. The highest BCUT2D eigenvalue weighted by Gasteiger charge is 2.39. The van der Waals surface area contributed by atoms with E-state index >= 15 is 0 Å². The Morgan fingerprint density at radius 3 is 2.80 bits per heavy atom.